The summed E-state index contributed by atoms with van der Waals surface area (Å²) in [5, 5.41) is 9.78. The van der Waals surface area contributed by atoms with Crippen LogP contribution in [0.25, 0.3) is 0 Å². The van der Waals surface area contributed by atoms with E-state index in [1.165, 1.54) is 0 Å². The van der Waals surface area contributed by atoms with Gasteiger partial charge in [-0.2, -0.15) is 10.2 Å². The summed E-state index contributed by atoms with van der Waals surface area (Å²) in [4.78, 5) is 15.9. The van der Waals surface area contributed by atoms with Crippen LogP contribution >= 0.6 is 11.6 Å². The normalized spacial score (nSPS) is 19.5. The average molecular weight is 399 g/mol. The number of hydrogen-bond donors (Lipinski definition) is 0. The van der Waals surface area contributed by atoms with Crippen molar-refractivity contribution in [3.8, 4) is 6.07 Å². The highest BCUT2D eigenvalue weighted by atomic mass is 35.5. The lowest BCUT2D eigenvalue weighted by molar-refractivity contribution is 0.122. The van der Waals surface area contributed by atoms with E-state index in [9.17, 15) is 5.26 Å². The third-order valence-corrected chi connectivity index (χ3v) is 5.59. The standard InChI is InChI=1S/C20H23ClN6O/c1-25(19-2-4-23-20(24-19)26-6-8-28-9-7-26)17-3-5-27(14-17)18-11-15(13-22)10-16(21)12-18/h2,4,10-12,17H,3,5-9,14H2,1H3. The van der Waals surface area contributed by atoms with Crippen molar-refractivity contribution in [2.24, 2.45) is 0 Å². The number of aromatic nitrogens is 2. The molecule has 0 saturated carbocycles. The van der Waals surface area contributed by atoms with Gasteiger partial charge in [-0.05, 0) is 30.7 Å². The number of halogens is 1. The molecule has 4 rings (SSSR count). The van der Waals surface area contributed by atoms with E-state index in [4.69, 9.17) is 21.3 Å². The Balaban J connectivity index is 1.47. The third-order valence-electron chi connectivity index (χ3n) is 5.37. The minimum atomic E-state index is 0.331. The fourth-order valence-electron chi connectivity index (χ4n) is 3.75. The Bertz CT molecular complexity index is 879. The molecule has 2 fully saturated rings. The van der Waals surface area contributed by atoms with Crippen molar-refractivity contribution in [2.45, 2.75) is 12.5 Å². The van der Waals surface area contributed by atoms with Crippen molar-refractivity contribution in [2.75, 3.05) is 61.1 Å². The number of anilines is 3. The minimum Gasteiger partial charge on any atom is -0.378 e. The van der Waals surface area contributed by atoms with Crippen LogP contribution < -0.4 is 14.7 Å². The first-order valence-corrected chi connectivity index (χ1v) is 9.86. The zero-order valence-electron chi connectivity index (χ0n) is 15.9. The summed E-state index contributed by atoms with van der Waals surface area (Å²) in [7, 11) is 2.08. The van der Waals surface area contributed by atoms with Crippen LogP contribution in [0.4, 0.5) is 17.5 Å². The highest BCUT2D eigenvalue weighted by Gasteiger charge is 2.27. The number of ether oxygens (including phenoxy) is 1. The quantitative estimate of drug-likeness (QED) is 0.783. The van der Waals surface area contributed by atoms with Crippen molar-refractivity contribution < 1.29 is 4.74 Å². The molecule has 0 amide bonds. The molecule has 0 aliphatic carbocycles. The van der Waals surface area contributed by atoms with Crippen molar-refractivity contribution in [3.05, 3.63) is 41.0 Å². The van der Waals surface area contributed by atoms with Crippen LogP contribution in [-0.4, -0.2) is 62.5 Å². The van der Waals surface area contributed by atoms with Gasteiger partial charge in [-0.1, -0.05) is 11.6 Å². The summed E-state index contributed by atoms with van der Waals surface area (Å²) >= 11 is 6.17. The molecule has 0 N–H and O–H groups in total. The Labute approximate surface area is 170 Å². The molecule has 2 aliphatic heterocycles. The van der Waals surface area contributed by atoms with Crippen LogP contribution in [0.1, 0.15) is 12.0 Å². The van der Waals surface area contributed by atoms with Gasteiger partial charge in [-0.15, -0.1) is 0 Å². The topological polar surface area (TPSA) is 68.5 Å². The molecule has 28 heavy (non-hydrogen) atoms. The van der Waals surface area contributed by atoms with E-state index in [2.05, 4.69) is 32.8 Å². The Morgan fingerprint density at radius 1 is 1.21 bits per heavy atom. The zero-order valence-corrected chi connectivity index (χ0v) is 16.6. The van der Waals surface area contributed by atoms with Crippen LogP contribution in [0.3, 0.4) is 0 Å². The monoisotopic (exact) mass is 398 g/mol. The number of morpholine rings is 1. The number of nitrogens with zero attached hydrogens (tertiary/aromatic N) is 6. The van der Waals surface area contributed by atoms with Gasteiger partial charge in [0.1, 0.15) is 5.82 Å². The summed E-state index contributed by atoms with van der Waals surface area (Å²) in [5.41, 5.74) is 1.59. The Kier molecular flexibility index (Phi) is 5.51. The number of hydrogen-bond acceptors (Lipinski definition) is 7. The fourth-order valence-corrected chi connectivity index (χ4v) is 3.98. The summed E-state index contributed by atoms with van der Waals surface area (Å²) in [5.74, 6) is 1.68. The van der Waals surface area contributed by atoms with Crippen molar-refractivity contribution in [3.63, 3.8) is 0 Å². The van der Waals surface area contributed by atoms with Gasteiger partial charge in [-0.3, -0.25) is 0 Å². The molecule has 0 spiro atoms. The first kappa shape index (κ1) is 18.8. The maximum atomic E-state index is 9.19. The fraction of sp³-hybridized carbons (Fsp3) is 0.450. The lowest BCUT2D eigenvalue weighted by atomic mass is 10.2. The molecule has 2 aliphatic rings. The molecule has 2 aromatic rings. The summed E-state index contributed by atoms with van der Waals surface area (Å²) in [6.07, 6.45) is 2.84. The molecule has 146 valence electrons. The first-order valence-electron chi connectivity index (χ1n) is 9.48. The largest absolute Gasteiger partial charge is 0.378 e. The zero-order chi connectivity index (χ0) is 19.5. The first-order chi connectivity index (χ1) is 13.6. The molecule has 0 radical (unpaired) electrons. The Morgan fingerprint density at radius 2 is 2.04 bits per heavy atom. The number of benzene rings is 1. The van der Waals surface area contributed by atoms with Gasteiger partial charge in [0.05, 0.1) is 24.8 Å². The Hall–Kier alpha value is -2.56. The van der Waals surface area contributed by atoms with Crippen LogP contribution in [-0.2, 0) is 4.74 Å². The van der Waals surface area contributed by atoms with Crippen LogP contribution in [0, 0.1) is 11.3 Å². The molecule has 1 aromatic heterocycles. The molecule has 8 heteroatoms. The van der Waals surface area contributed by atoms with Crippen LogP contribution in [0.2, 0.25) is 5.02 Å². The van der Waals surface area contributed by atoms with Crippen molar-refractivity contribution in [1.29, 1.82) is 5.26 Å². The number of rotatable bonds is 4. The lowest BCUT2D eigenvalue weighted by Gasteiger charge is -2.29. The number of likely N-dealkylation sites (N-methyl/N-ethyl adjacent to an activating group) is 1. The summed E-state index contributed by atoms with van der Waals surface area (Å²) in [6, 6.07) is 9.98. The summed E-state index contributed by atoms with van der Waals surface area (Å²) in [6.45, 7) is 4.84. The predicted octanol–water partition coefficient (Wildman–Crippen LogP) is 2.55. The van der Waals surface area contributed by atoms with E-state index in [0.29, 0.717) is 29.8 Å². The molecule has 1 atom stereocenters. The maximum Gasteiger partial charge on any atom is 0.227 e. The molecule has 3 heterocycles. The molecular weight excluding hydrogens is 376 g/mol. The third kappa shape index (κ3) is 3.98. The van der Waals surface area contributed by atoms with Gasteiger partial charge < -0.3 is 19.4 Å². The molecular formula is C20H23ClN6O. The second-order valence-corrected chi connectivity index (χ2v) is 7.56. The van der Waals surface area contributed by atoms with Crippen molar-refractivity contribution >= 4 is 29.1 Å². The molecule has 2 saturated heterocycles. The van der Waals surface area contributed by atoms with E-state index in [1.807, 2.05) is 24.4 Å². The van der Waals surface area contributed by atoms with Gasteiger partial charge in [0.15, 0.2) is 0 Å². The average Bonchev–Trinajstić information content (AvgIpc) is 3.24. The molecule has 1 aromatic carbocycles. The highest BCUT2D eigenvalue weighted by molar-refractivity contribution is 6.31. The second-order valence-electron chi connectivity index (χ2n) is 7.12. The van der Waals surface area contributed by atoms with Gasteiger partial charge in [0.25, 0.3) is 0 Å². The van der Waals surface area contributed by atoms with Crippen molar-refractivity contribution in [1.82, 2.24) is 9.97 Å². The van der Waals surface area contributed by atoms with E-state index >= 15 is 0 Å². The van der Waals surface area contributed by atoms with E-state index in [0.717, 1.165) is 50.1 Å². The SMILES string of the molecule is CN(c1ccnc(N2CCOCC2)n1)C1CCN(c2cc(Cl)cc(C#N)c2)C1. The van der Waals surface area contributed by atoms with E-state index < -0.39 is 0 Å². The van der Waals surface area contributed by atoms with Crippen LogP contribution in [0.5, 0.6) is 0 Å². The minimum absolute atomic E-state index is 0.331. The van der Waals surface area contributed by atoms with E-state index in [1.54, 1.807) is 6.07 Å². The van der Waals surface area contributed by atoms with Gasteiger partial charge >= 0.3 is 0 Å². The van der Waals surface area contributed by atoms with Gasteiger partial charge in [0, 0.05) is 56.2 Å². The second kappa shape index (κ2) is 8.21. The van der Waals surface area contributed by atoms with Gasteiger partial charge in [-0.25, -0.2) is 4.98 Å². The van der Waals surface area contributed by atoms with Gasteiger partial charge in [0.2, 0.25) is 5.95 Å². The number of nitriles is 1. The predicted molar refractivity (Wildman–Crippen MR) is 110 cm³/mol. The smallest absolute Gasteiger partial charge is 0.227 e. The molecule has 7 nitrogen and oxygen atoms in total. The Morgan fingerprint density at radius 3 is 2.82 bits per heavy atom. The summed E-state index contributed by atoms with van der Waals surface area (Å²) < 4.78 is 5.42. The maximum absolute atomic E-state index is 9.19. The van der Waals surface area contributed by atoms with Crippen LogP contribution in [0.15, 0.2) is 30.5 Å². The highest BCUT2D eigenvalue weighted by Crippen LogP contribution is 2.28. The lowest BCUT2D eigenvalue weighted by Crippen LogP contribution is -2.38. The molecule has 0 bridgehead atoms. The van der Waals surface area contributed by atoms with E-state index in [-0.39, 0.29) is 0 Å². The molecule has 1 unspecified atom stereocenters.